The lowest BCUT2D eigenvalue weighted by atomic mass is 10.1. The highest BCUT2D eigenvalue weighted by Crippen LogP contribution is 2.36. The number of fused-ring (bicyclic) bond motifs is 1. The van der Waals surface area contributed by atoms with E-state index in [0.29, 0.717) is 42.8 Å². The molecule has 10 nitrogen and oxygen atoms in total. The molecule has 0 radical (unpaired) electrons. The van der Waals surface area contributed by atoms with E-state index in [-0.39, 0.29) is 36.1 Å². The van der Waals surface area contributed by atoms with Gasteiger partial charge in [0, 0.05) is 32.2 Å². The topological polar surface area (TPSA) is 100 Å². The number of halogens is 2. The summed E-state index contributed by atoms with van der Waals surface area (Å²) in [4.78, 5) is 48.8. The van der Waals surface area contributed by atoms with Gasteiger partial charge in [-0.1, -0.05) is 12.1 Å². The summed E-state index contributed by atoms with van der Waals surface area (Å²) in [5.41, 5.74) is 0.692. The molecule has 4 aromatic rings. The summed E-state index contributed by atoms with van der Waals surface area (Å²) >= 11 is 0. The van der Waals surface area contributed by atoms with E-state index in [1.807, 2.05) is 9.91 Å². The van der Waals surface area contributed by atoms with Crippen LogP contribution in [0.25, 0.3) is 10.9 Å². The predicted octanol–water partition coefficient (Wildman–Crippen LogP) is 4.92. The molecule has 1 N–H and O–H groups in total. The lowest BCUT2D eigenvalue weighted by molar-refractivity contribution is -0.133. The number of ether oxygens (including phenoxy) is 1. The standard InChI is InChI=1S/C32H32F2N6O4.H2/c1-20(39(27-14-11-23(34)19-28(27)44-2)32(43)35-24-12-9-22(33)10-13-24)29-36-26-6-4-3-5-25(26)31(42)40(29)38-17-15-37(16-18-38)30(41)21-7-8-21;/h3-6,9-14,19-21H,7-8,15-18H2,1-2H3,(H,35,43);1H. The Morgan fingerprint density at radius 2 is 1.68 bits per heavy atom. The molecule has 0 spiro atoms. The first kappa shape index (κ1) is 29.1. The Hall–Kier alpha value is -5.00. The smallest absolute Gasteiger partial charge is 0.327 e. The van der Waals surface area contributed by atoms with Gasteiger partial charge in [0.1, 0.15) is 17.4 Å². The molecule has 0 bridgehead atoms. The third-order valence-corrected chi connectivity index (χ3v) is 8.03. The highest BCUT2D eigenvalue weighted by molar-refractivity contribution is 6.03. The van der Waals surface area contributed by atoms with E-state index in [0.717, 1.165) is 18.9 Å². The van der Waals surface area contributed by atoms with Crippen LogP contribution in [-0.4, -0.2) is 59.8 Å². The fraction of sp³-hybridized carbons (Fsp3) is 0.312. The zero-order valence-corrected chi connectivity index (χ0v) is 24.4. The van der Waals surface area contributed by atoms with Crippen LogP contribution in [-0.2, 0) is 4.79 Å². The van der Waals surface area contributed by atoms with E-state index in [1.165, 1.54) is 53.1 Å². The minimum absolute atomic E-state index is 0. The number of hydrogen-bond donors (Lipinski definition) is 1. The van der Waals surface area contributed by atoms with Gasteiger partial charge in [0.25, 0.3) is 5.56 Å². The summed E-state index contributed by atoms with van der Waals surface area (Å²) in [6.07, 6.45) is 1.83. The number of methoxy groups -OCH3 is 1. The Bertz CT molecular complexity index is 1770. The van der Waals surface area contributed by atoms with Crippen LogP contribution in [0.15, 0.2) is 71.5 Å². The van der Waals surface area contributed by atoms with Crippen LogP contribution in [0.4, 0.5) is 25.0 Å². The second kappa shape index (κ2) is 11.9. The van der Waals surface area contributed by atoms with Gasteiger partial charge >= 0.3 is 6.03 Å². The Kier molecular flexibility index (Phi) is 7.90. The molecule has 2 aliphatic rings. The number of hydrogen-bond acceptors (Lipinski definition) is 6. The SMILES string of the molecule is COc1cc(F)ccc1N(C(=O)Nc1ccc(F)cc1)C(C)c1nc2ccccc2c(=O)n1N1CCN(C(=O)C2CC2)CC1.[HH]. The molecule has 230 valence electrons. The number of carbonyl (C=O) groups is 2. The van der Waals surface area contributed by atoms with Gasteiger partial charge in [-0.05, 0) is 68.3 Å². The number of para-hydroxylation sites is 1. The van der Waals surface area contributed by atoms with Crippen molar-refractivity contribution in [2.24, 2.45) is 5.92 Å². The Labute approximate surface area is 253 Å². The van der Waals surface area contributed by atoms with Crippen molar-refractivity contribution in [1.29, 1.82) is 0 Å². The zero-order valence-electron chi connectivity index (χ0n) is 24.4. The fourth-order valence-corrected chi connectivity index (χ4v) is 5.57. The molecule has 3 amide bonds. The highest BCUT2D eigenvalue weighted by atomic mass is 19.1. The van der Waals surface area contributed by atoms with Crippen molar-refractivity contribution in [1.82, 2.24) is 14.6 Å². The van der Waals surface area contributed by atoms with Gasteiger partial charge in [0.05, 0.1) is 42.8 Å². The average molecular weight is 605 g/mol. The van der Waals surface area contributed by atoms with Crippen molar-refractivity contribution < 1.29 is 24.5 Å². The average Bonchev–Trinajstić information content (AvgIpc) is 3.88. The number of urea groups is 1. The largest absolute Gasteiger partial charge is 0.494 e. The van der Waals surface area contributed by atoms with E-state index >= 15 is 0 Å². The molecule has 6 rings (SSSR count). The normalized spacial score (nSPS) is 15.6. The first-order valence-corrected chi connectivity index (χ1v) is 14.5. The van der Waals surface area contributed by atoms with Gasteiger partial charge in [-0.25, -0.2) is 23.2 Å². The number of piperazine rings is 1. The Morgan fingerprint density at radius 1 is 1.00 bits per heavy atom. The fourth-order valence-electron chi connectivity index (χ4n) is 5.57. The summed E-state index contributed by atoms with van der Waals surface area (Å²) in [6.45, 7) is 3.39. The summed E-state index contributed by atoms with van der Waals surface area (Å²) in [6, 6.07) is 14.5. The van der Waals surface area contributed by atoms with Gasteiger partial charge in [-0.15, -0.1) is 0 Å². The van der Waals surface area contributed by atoms with Crippen LogP contribution >= 0.6 is 0 Å². The van der Waals surface area contributed by atoms with Crippen molar-refractivity contribution >= 4 is 34.2 Å². The second-order valence-electron chi connectivity index (χ2n) is 11.0. The zero-order chi connectivity index (χ0) is 31.0. The van der Waals surface area contributed by atoms with Gasteiger partial charge in [-0.2, -0.15) is 0 Å². The van der Waals surface area contributed by atoms with E-state index in [9.17, 15) is 23.2 Å². The monoisotopic (exact) mass is 604 g/mol. The summed E-state index contributed by atoms with van der Waals surface area (Å²) < 4.78 is 34.8. The number of amides is 3. The predicted molar refractivity (Wildman–Crippen MR) is 165 cm³/mol. The van der Waals surface area contributed by atoms with Gasteiger partial charge in [0.2, 0.25) is 5.91 Å². The van der Waals surface area contributed by atoms with Gasteiger partial charge < -0.3 is 20.0 Å². The minimum Gasteiger partial charge on any atom is -0.494 e. The Balaban J connectivity index is 0.00000400. The summed E-state index contributed by atoms with van der Waals surface area (Å²) in [5, 5.41) is 5.02. The van der Waals surface area contributed by atoms with Crippen molar-refractivity contribution in [3.05, 3.63) is 94.5 Å². The van der Waals surface area contributed by atoms with E-state index in [1.54, 1.807) is 31.2 Å². The number of rotatable bonds is 7. The maximum atomic E-state index is 14.3. The molecule has 1 atom stereocenters. The van der Waals surface area contributed by atoms with Gasteiger partial charge in [0.15, 0.2) is 5.82 Å². The van der Waals surface area contributed by atoms with Crippen LogP contribution in [0.2, 0.25) is 0 Å². The van der Waals surface area contributed by atoms with Crippen molar-refractivity contribution in [2.75, 3.05) is 48.5 Å². The number of aromatic nitrogens is 2. The summed E-state index contributed by atoms with van der Waals surface area (Å²) in [5.74, 6) is -0.423. The molecule has 2 fully saturated rings. The van der Waals surface area contributed by atoms with E-state index in [4.69, 9.17) is 9.72 Å². The highest BCUT2D eigenvalue weighted by Gasteiger charge is 2.36. The van der Waals surface area contributed by atoms with Crippen LogP contribution < -0.4 is 25.5 Å². The lowest BCUT2D eigenvalue weighted by Crippen LogP contribution is -2.57. The molecule has 1 aliphatic carbocycles. The second-order valence-corrected chi connectivity index (χ2v) is 11.0. The van der Waals surface area contributed by atoms with Crippen LogP contribution in [0.5, 0.6) is 5.75 Å². The van der Waals surface area contributed by atoms with Crippen LogP contribution in [0, 0.1) is 17.6 Å². The first-order chi connectivity index (χ1) is 21.2. The minimum atomic E-state index is -0.891. The van der Waals surface area contributed by atoms with Crippen molar-refractivity contribution in [3.8, 4) is 5.75 Å². The number of anilines is 2. The van der Waals surface area contributed by atoms with E-state index < -0.39 is 23.7 Å². The molecule has 1 saturated carbocycles. The van der Waals surface area contributed by atoms with Crippen molar-refractivity contribution in [2.45, 2.75) is 25.8 Å². The van der Waals surface area contributed by atoms with E-state index in [2.05, 4.69) is 5.32 Å². The Morgan fingerprint density at radius 3 is 2.36 bits per heavy atom. The number of benzene rings is 3. The molecule has 44 heavy (non-hydrogen) atoms. The maximum absolute atomic E-state index is 14.3. The number of nitrogens with zero attached hydrogens (tertiary/aromatic N) is 5. The maximum Gasteiger partial charge on any atom is 0.327 e. The van der Waals surface area contributed by atoms with Gasteiger partial charge in [-0.3, -0.25) is 14.5 Å². The molecule has 2 heterocycles. The molecule has 1 aliphatic heterocycles. The number of carbonyl (C=O) groups excluding carboxylic acids is 2. The quantitative estimate of drug-likeness (QED) is 0.322. The third-order valence-electron chi connectivity index (χ3n) is 8.03. The molecule has 3 aromatic carbocycles. The summed E-state index contributed by atoms with van der Waals surface area (Å²) in [7, 11) is 1.37. The molecular weight excluding hydrogens is 570 g/mol. The first-order valence-electron chi connectivity index (χ1n) is 14.5. The third kappa shape index (κ3) is 5.67. The molecule has 1 saturated heterocycles. The molecule has 1 unspecified atom stereocenters. The molecule has 1 aromatic heterocycles. The lowest BCUT2D eigenvalue weighted by Gasteiger charge is -2.39. The molecule has 12 heteroatoms. The molecular formula is C32H34F2N6O4. The van der Waals surface area contributed by atoms with Crippen LogP contribution in [0.1, 0.15) is 33.1 Å². The van der Waals surface area contributed by atoms with Crippen molar-refractivity contribution in [3.63, 3.8) is 0 Å². The van der Waals surface area contributed by atoms with Crippen LogP contribution in [0.3, 0.4) is 0 Å². The number of nitrogens with one attached hydrogen (secondary N) is 1.